The molecule has 0 aliphatic carbocycles. The molecule has 1 saturated heterocycles. The summed E-state index contributed by atoms with van der Waals surface area (Å²) >= 11 is 0. The molecule has 2 aromatic rings. The molecule has 1 aliphatic heterocycles. The van der Waals surface area contributed by atoms with Gasteiger partial charge in [0.1, 0.15) is 11.8 Å². The molecular formula is C16H15F3N2O2. The minimum Gasteiger partial charge on any atom is -0.370 e. The molecule has 1 atom stereocenters. The number of nitrogens with one attached hydrogen (secondary N) is 1. The standard InChI is InChI=1S/C16H15F3N2O2/c17-16(18,19)12-5-3-11(4-6-12)14-10-21(8-9-23-14)15(22)13-2-1-7-20-13/h1-7,14,20H,8-10H2/t14-/m0/s1. The lowest BCUT2D eigenvalue weighted by Crippen LogP contribution is -2.42. The number of alkyl halides is 3. The molecule has 1 amide bonds. The highest BCUT2D eigenvalue weighted by Gasteiger charge is 2.31. The Morgan fingerprint density at radius 1 is 1.22 bits per heavy atom. The number of hydrogen-bond acceptors (Lipinski definition) is 2. The van der Waals surface area contributed by atoms with Crippen LogP contribution in [0.15, 0.2) is 42.6 Å². The number of carbonyl (C=O) groups is 1. The number of morpholine rings is 1. The maximum absolute atomic E-state index is 12.6. The first-order valence-corrected chi connectivity index (χ1v) is 7.16. The zero-order chi connectivity index (χ0) is 16.4. The maximum Gasteiger partial charge on any atom is 0.416 e. The molecule has 1 N–H and O–H groups in total. The third-order valence-electron chi connectivity index (χ3n) is 3.79. The number of rotatable bonds is 2. The van der Waals surface area contributed by atoms with Gasteiger partial charge in [0, 0.05) is 12.7 Å². The Morgan fingerprint density at radius 3 is 2.57 bits per heavy atom. The summed E-state index contributed by atoms with van der Waals surface area (Å²) in [6.45, 7) is 1.11. The van der Waals surface area contributed by atoms with Gasteiger partial charge < -0.3 is 14.6 Å². The van der Waals surface area contributed by atoms with Crippen LogP contribution in [-0.4, -0.2) is 35.5 Å². The fourth-order valence-corrected chi connectivity index (χ4v) is 2.56. The zero-order valence-electron chi connectivity index (χ0n) is 12.1. The van der Waals surface area contributed by atoms with Crippen LogP contribution in [0.2, 0.25) is 0 Å². The predicted octanol–water partition coefficient (Wildman–Crippen LogP) is 3.25. The van der Waals surface area contributed by atoms with Crippen LogP contribution >= 0.6 is 0 Å². The molecule has 7 heteroatoms. The molecule has 0 radical (unpaired) electrons. The third kappa shape index (κ3) is 3.39. The predicted molar refractivity (Wildman–Crippen MR) is 76.8 cm³/mol. The van der Waals surface area contributed by atoms with E-state index in [-0.39, 0.29) is 5.91 Å². The monoisotopic (exact) mass is 324 g/mol. The van der Waals surface area contributed by atoms with Crippen molar-refractivity contribution in [1.82, 2.24) is 9.88 Å². The van der Waals surface area contributed by atoms with Gasteiger partial charge in [-0.1, -0.05) is 12.1 Å². The van der Waals surface area contributed by atoms with Crippen molar-refractivity contribution in [3.63, 3.8) is 0 Å². The molecule has 1 fully saturated rings. The Kier molecular flexibility index (Phi) is 4.12. The molecule has 2 heterocycles. The van der Waals surface area contributed by atoms with Crippen LogP contribution in [0.5, 0.6) is 0 Å². The number of benzene rings is 1. The van der Waals surface area contributed by atoms with E-state index < -0.39 is 17.8 Å². The lowest BCUT2D eigenvalue weighted by atomic mass is 10.0. The van der Waals surface area contributed by atoms with E-state index in [9.17, 15) is 18.0 Å². The first kappa shape index (κ1) is 15.6. The third-order valence-corrected chi connectivity index (χ3v) is 3.79. The highest BCUT2D eigenvalue weighted by Crippen LogP contribution is 2.31. The summed E-state index contributed by atoms with van der Waals surface area (Å²) in [5.41, 5.74) is 0.413. The van der Waals surface area contributed by atoms with Gasteiger partial charge in [-0.3, -0.25) is 4.79 Å². The quantitative estimate of drug-likeness (QED) is 0.922. The summed E-state index contributed by atoms with van der Waals surface area (Å²) in [6, 6.07) is 8.28. The van der Waals surface area contributed by atoms with Crippen LogP contribution in [-0.2, 0) is 10.9 Å². The largest absolute Gasteiger partial charge is 0.416 e. The minimum absolute atomic E-state index is 0.143. The van der Waals surface area contributed by atoms with Gasteiger partial charge in [0.05, 0.1) is 18.7 Å². The lowest BCUT2D eigenvalue weighted by molar-refractivity contribution is -0.137. The van der Waals surface area contributed by atoms with E-state index in [1.54, 1.807) is 23.2 Å². The molecular weight excluding hydrogens is 309 g/mol. The van der Waals surface area contributed by atoms with E-state index in [0.29, 0.717) is 31.0 Å². The molecule has 122 valence electrons. The Bertz CT molecular complexity index is 666. The summed E-state index contributed by atoms with van der Waals surface area (Å²) in [5, 5.41) is 0. The van der Waals surface area contributed by atoms with Crippen molar-refractivity contribution in [3.8, 4) is 0 Å². The summed E-state index contributed by atoms with van der Waals surface area (Å²) in [5.74, 6) is -0.143. The minimum atomic E-state index is -4.36. The van der Waals surface area contributed by atoms with Gasteiger partial charge in [0.25, 0.3) is 5.91 Å². The van der Waals surface area contributed by atoms with Crippen LogP contribution in [0.3, 0.4) is 0 Å². The van der Waals surface area contributed by atoms with Gasteiger partial charge in [0.15, 0.2) is 0 Å². The summed E-state index contributed by atoms with van der Waals surface area (Å²) in [6.07, 6.45) is -3.12. The average molecular weight is 324 g/mol. The van der Waals surface area contributed by atoms with Gasteiger partial charge in [-0.2, -0.15) is 13.2 Å². The second-order valence-electron chi connectivity index (χ2n) is 5.31. The number of carbonyl (C=O) groups excluding carboxylic acids is 1. The van der Waals surface area contributed by atoms with Crippen molar-refractivity contribution in [2.45, 2.75) is 12.3 Å². The Morgan fingerprint density at radius 2 is 1.96 bits per heavy atom. The first-order chi connectivity index (χ1) is 10.9. The molecule has 0 spiro atoms. The molecule has 0 unspecified atom stereocenters. The zero-order valence-corrected chi connectivity index (χ0v) is 12.1. The number of aromatic nitrogens is 1. The van der Waals surface area contributed by atoms with Crippen LogP contribution in [0.4, 0.5) is 13.2 Å². The second-order valence-corrected chi connectivity index (χ2v) is 5.31. The molecule has 23 heavy (non-hydrogen) atoms. The van der Waals surface area contributed by atoms with E-state index in [4.69, 9.17) is 4.74 Å². The fourth-order valence-electron chi connectivity index (χ4n) is 2.56. The smallest absolute Gasteiger partial charge is 0.370 e. The van der Waals surface area contributed by atoms with Crippen molar-refractivity contribution < 1.29 is 22.7 Å². The Balaban J connectivity index is 1.72. The van der Waals surface area contributed by atoms with Gasteiger partial charge >= 0.3 is 6.18 Å². The van der Waals surface area contributed by atoms with Crippen LogP contribution in [0.1, 0.15) is 27.7 Å². The van der Waals surface area contributed by atoms with E-state index in [1.165, 1.54) is 12.1 Å². The molecule has 4 nitrogen and oxygen atoms in total. The molecule has 0 bridgehead atoms. The van der Waals surface area contributed by atoms with Gasteiger partial charge in [-0.05, 0) is 29.8 Å². The lowest BCUT2D eigenvalue weighted by Gasteiger charge is -2.33. The highest BCUT2D eigenvalue weighted by atomic mass is 19.4. The van der Waals surface area contributed by atoms with Crippen molar-refractivity contribution in [3.05, 3.63) is 59.4 Å². The summed E-state index contributed by atoms with van der Waals surface area (Å²) < 4.78 is 43.4. The molecule has 1 aromatic heterocycles. The number of ether oxygens (including phenoxy) is 1. The van der Waals surface area contributed by atoms with Crippen molar-refractivity contribution in [2.75, 3.05) is 19.7 Å². The SMILES string of the molecule is O=C(c1ccc[nH]1)N1CCO[C@H](c2ccc(C(F)(F)F)cc2)C1. The topological polar surface area (TPSA) is 45.3 Å². The molecule has 1 aromatic carbocycles. The van der Waals surface area contributed by atoms with Gasteiger partial charge in [0.2, 0.25) is 0 Å². The number of nitrogens with zero attached hydrogens (tertiary/aromatic N) is 1. The number of hydrogen-bond donors (Lipinski definition) is 1. The number of amides is 1. The van der Waals surface area contributed by atoms with Gasteiger partial charge in [-0.15, -0.1) is 0 Å². The fraction of sp³-hybridized carbons (Fsp3) is 0.312. The van der Waals surface area contributed by atoms with E-state index in [0.717, 1.165) is 12.1 Å². The number of aromatic amines is 1. The molecule has 1 aliphatic rings. The number of halogens is 3. The number of H-pyrrole nitrogens is 1. The molecule has 0 saturated carbocycles. The Labute approximate surface area is 130 Å². The summed E-state index contributed by atoms with van der Waals surface area (Å²) in [7, 11) is 0. The van der Waals surface area contributed by atoms with Crippen LogP contribution in [0.25, 0.3) is 0 Å². The normalized spacial score (nSPS) is 18.9. The summed E-state index contributed by atoms with van der Waals surface area (Å²) in [4.78, 5) is 16.8. The Hall–Kier alpha value is -2.28. The van der Waals surface area contributed by atoms with Crippen molar-refractivity contribution in [2.24, 2.45) is 0 Å². The van der Waals surface area contributed by atoms with Crippen LogP contribution < -0.4 is 0 Å². The van der Waals surface area contributed by atoms with Crippen molar-refractivity contribution >= 4 is 5.91 Å². The maximum atomic E-state index is 12.6. The molecule has 3 rings (SSSR count). The first-order valence-electron chi connectivity index (χ1n) is 7.16. The second kappa shape index (κ2) is 6.08. The van der Waals surface area contributed by atoms with Crippen LogP contribution in [0, 0.1) is 0 Å². The van der Waals surface area contributed by atoms with E-state index in [1.807, 2.05) is 0 Å². The van der Waals surface area contributed by atoms with E-state index in [2.05, 4.69) is 4.98 Å². The highest BCUT2D eigenvalue weighted by molar-refractivity contribution is 5.92. The van der Waals surface area contributed by atoms with E-state index >= 15 is 0 Å². The van der Waals surface area contributed by atoms with Gasteiger partial charge in [-0.25, -0.2) is 0 Å². The average Bonchev–Trinajstić information content (AvgIpc) is 3.08. The van der Waals surface area contributed by atoms with Crippen molar-refractivity contribution in [1.29, 1.82) is 0 Å².